The third-order valence-electron chi connectivity index (χ3n) is 3.00. The quantitative estimate of drug-likeness (QED) is 0.635. The number of rotatable bonds is 11. The molecule has 0 fully saturated rings. The van der Waals surface area contributed by atoms with Gasteiger partial charge in [-0.2, -0.15) is 0 Å². The summed E-state index contributed by atoms with van der Waals surface area (Å²) < 4.78 is 18.1. The van der Waals surface area contributed by atoms with E-state index in [9.17, 15) is 0 Å². The Labute approximate surface area is 128 Å². The summed E-state index contributed by atoms with van der Waals surface area (Å²) in [6, 6.07) is 4.22. The number of aromatic nitrogens is 1. The molecule has 0 saturated carbocycles. The smallest absolute Gasteiger partial charge is 0.0701 e. The van der Waals surface area contributed by atoms with Crippen LogP contribution in [0.2, 0.25) is 0 Å². The lowest BCUT2D eigenvalue weighted by molar-refractivity contribution is 0.0229. The number of nitrogens with one attached hydrogen (secondary N) is 1. The van der Waals surface area contributed by atoms with Crippen molar-refractivity contribution < 1.29 is 14.2 Å². The lowest BCUT2D eigenvalue weighted by atomic mass is 10.1. The predicted octanol–water partition coefficient (Wildman–Crippen LogP) is 2.06. The zero-order chi connectivity index (χ0) is 15.6. The van der Waals surface area contributed by atoms with Gasteiger partial charge in [-0.3, -0.25) is 0 Å². The molecule has 5 nitrogen and oxygen atoms in total. The van der Waals surface area contributed by atoms with Crippen molar-refractivity contribution in [1.29, 1.82) is 0 Å². The molecule has 21 heavy (non-hydrogen) atoms. The number of nitrogens with zero attached hydrogens (tertiary/aromatic N) is 1. The molecule has 0 amide bonds. The molecule has 1 N–H and O–H groups in total. The Morgan fingerprint density at radius 3 is 2.38 bits per heavy atom. The Hall–Kier alpha value is -0.880. The van der Waals surface area contributed by atoms with Gasteiger partial charge >= 0.3 is 0 Å². The average Bonchev–Trinajstić information content (AvgIpc) is 2.86. The molecule has 1 aromatic rings. The highest BCUT2D eigenvalue weighted by molar-refractivity contribution is 5.07. The highest BCUT2D eigenvalue weighted by Crippen LogP contribution is 2.06. The van der Waals surface area contributed by atoms with Crippen LogP contribution in [0, 0.1) is 0 Å². The van der Waals surface area contributed by atoms with Crippen LogP contribution in [0.3, 0.4) is 0 Å². The van der Waals surface area contributed by atoms with Crippen molar-refractivity contribution in [1.82, 2.24) is 9.88 Å². The van der Waals surface area contributed by atoms with Crippen molar-refractivity contribution in [2.45, 2.75) is 39.4 Å². The molecule has 0 aliphatic heterocycles. The maximum absolute atomic E-state index is 5.58. The summed E-state index contributed by atoms with van der Waals surface area (Å²) in [6.07, 6.45) is 2.10. The van der Waals surface area contributed by atoms with E-state index in [1.54, 1.807) is 7.11 Å². The van der Waals surface area contributed by atoms with Crippen LogP contribution in [-0.4, -0.2) is 50.3 Å². The third-order valence-corrected chi connectivity index (χ3v) is 3.00. The number of ether oxygens (including phenoxy) is 3. The first kappa shape index (κ1) is 18.2. The highest BCUT2D eigenvalue weighted by Gasteiger charge is 2.09. The van der Waals surface area contributed by atoms with E-state index in [4.69, 9.17) is 14.2 Å². The largest absolute Gasteiger partial charge is 0.382 e. The monoisotopic (exact) mass is 298 g/mol. The van der Waals surface area contributed by atoms with Crippen molar-refractivity contribution in [2.24, 2.45) is 0 Å². The van der Waals surface area contributed by atoms with Gasteiger partial charge in [-0.25, -0.2) is 0 Å². The molecule has 5 heteroatoms. The van der Waals surface area contributed by atoms with Crippen LogP contribution >= 0.6 is 0 Å². The van der Waals surface area contributed by atoms with E-state index in [2.05, 4.69) is 49.0 Å². The molecule has 0 spiro atoms. The molecular weight excluding hydrogens is 268 g/mol. The zero-order valence-corrected chi connectivity index (χ0v) is 13.9. The van der Waals surface area contributed by atoms with Gasteiger partial charge in [-0.05, 0) is 32.9 Å². The maximum atomic E-state index is 5.58. The second-order valence-corrected chi connectivity index (χ2v) is 6.01. The van der Waals surface area contributed by atoms with E-state index < -0.39 is 0 Å². The van der Waals surface area contributed by atoms with E-state index in [1.165, 1.54) is 5.69 Å². The Morgan fingerprint density at radius 1 is 1.05 bits per heavy atom. The second-order valence-electron chi connectivity index (χ2n) is 6.01. The fraction of sp³-hybridized carbons (Fsp3) is 0.750. The van der Waals surface area contributed by atoms with Gasteiger partial charge in [0, 0.05) is 37.6 Å². The van der Waals surface area contributed by atoms with E-state index in [0.29, 0.717) is 33.0 Å². The fourth-order valence-corrected chi connectivity index (χ4v) is 1.81. The van der Waals surface area contributed by atoms with E-state index in [0.717, 1.165) is 13.1 Å². The standard InChI is InChI=1S/C16H30N2O3/c1-16(2,3)17-14-15-6-5-7-18(15)8-9-20-12-13-21-11-10-19-4/h5-7,17H,8-14H2,1-4H3. The Bertz CT molecular complexity index is 372. The van der Waals surface area contributed by atoms with Gasteiger partial charge in [0.1, 0.15) is 0 Å². The molecule has 0 atom stereocenters. The summed E-state index contributed by atoms with van der Waals surface area (Å²) >= 11 is 0. The van der Waals surface area contributed by atoms with Gasteiger partial charge in [0.2, 0.25) is 0 Å². The second kappa shape index (κ2) is 9.95. The minimum Gasteiger partial charge on any atom is -0.382 e. The van der Waals surface area contributed by atoms with Crippen molar-refractivity contribution >= 4 is 0 Å². The minimum atomic E-state index is 0.130. The summed E-state index contributed by atoms with van der Waals surface area (Å²) in [4.78, 5) is 0. The lowest BCUT2D eigenvalue weighted by Crippen LogP contribution is -2.35. The van der Waals surface area contributed by atoms with Crippen molar-refractivity contribution in [3.8, 4) is 0 Å². The van der Waals surface area contributed by atoms with Gasteiger partial charge in [-0.1, -0.05) is 0 Å². The highest BCUT2D eigenvalue weighted by atomic mass is 16.5. The molecule has 0 unspecified atom stereocenters. The van der Waals surface area contributed by atoms with Crippen LogP contribution in [0.1, 0.15) is 26.5 Å². The molecule has 0 aliphatic rings. The van der Waals surface area contributed by atoms with Crippen LogP contribution in [0.5, 0.6) is 0 Å². The molecule has 1 aromatic heterocycles. The van der Waals surface area contributed by atoms with E-state index in [1.807, 2.05) is 0 Å². The van der Waals surface area contributed by atoms with Crippen molar-refractivity contribution in [2.75, 3.05) is 40.1 Å². The molecular formula is C16H30N2O3. The number of methoxy groups -OCH3 is 1. The van der Waals surface area contributed by atoms with Crippen molar-refractivity contribution in [3.05, 3.63) is 24.0 Å². The third kappa shape index (κ3) is 8.88. The molecule has 0 aromatic carbocycles. The predicted molar refractivity (Wildman–Crippen MR) is 84.5 cm³/mol. The summed E-state index contributed by atoms with van der Waals surface area (Å²) in [5, 5.41) is 3.50. The Kier molecular flexibility index (Phi) is 8.61. The van der Waals surface area contributed by atoms with E-state index in [-0.39, 0.29) is 5.54 Å². The van der Waals surface area contributed by atoms with Crippen LogP contribution in [0.25, 0.3) is 0 Å². The van der Waals surface area contributed by atoms with E-state index >= 15 is 0 Å². The van der Waals surface area contributed by atoms with Crippen molar-refractivity contribution in [3.63, 3.8) is 0 Å². The first-order chi connectivity index (χ1) is 10.0. The summed E-state index contributed by atoms with van der Waals surface area (Å²) in [6.45, 7) is 11.5. The molecule has 0 radical (unpaired) electrons. The van der Waals surface area contributed by atoms with Gasteiger partial charge in [0.15, 0.2) is 0 Å². The van der Waals surface area contributed by atoms with Gasteiger partial charge in [0.05, 0.1) is 33.0 Å². The lowest BCUT2D eigenvalue weighted by Gasteiger charge is -2.21. The van der Waals surface area contributed by atoms with Gasteiger partial charge in [-0.15, -0.1) is 0 Å². The summed E-state index contributed by atoms with van der Waals surface area (Å²) in [5.41, 5.74) is 1.41. The normalized spacial score (nSPS) is 12.0. The first-order valence-corrected chi connectivity index (χ1v) is 7.56. The fourth-order valence-electron chi connectivity index (χ4n) is 1.81. The molecule has 0 bridgehead atoms. The minimum absolute atomic E-state index is 0.130. The first-order valence-electron chi connectivity index (χ1n) is 7.56. The van der Waals surface area contributed by atoms with Crippen LogP contribution < -0.4 is 5.32 Å². The molecule has 0 saturated heterocycles. The zero-order valence-electron chi connectivity index (χ0n) is 13.9. The molecule has 1 heterocycles. The van der Waals surface area contributed by atoms with Crippen LogP contribution in [0.4, 0.5) is 0 Å². The SMILES string of the molecule is COCCOCCOCCn1cccc1CNC(C)(C)C. The van der Waals surface area contributed by atoms with Crippen LogP contribution in [-0.2, 0) is 27.3 Å². The number of hydrogen-bond acceptors (Lipinski definition) is 4. The molecule has 1 rings (SSSR count). The maximum Gasteiger partial charge on any atom is 0.0701 e. The number of hydrogen-bond donors (Lipinski definition) is 1. The van der Waals surface area contributed by atoms with Crippen LogP contribution in [0.15, 0.2) is 18.3 Å². The topological polar surface area (TPSA) is 44.7 Å². The summed E-state index contributed by atoms with van der Waals surface area (Å²) in [5.74, 6) is 0. The summed E-state index contributed by atoms with van der Waals surface area (Å²) in [7, 11) is 1.67. The average molecular weight is 298 g/mol. The Balaban J connectivity index is 2.14. The Morgan fingerprint density at radius 2 is 1.71 bits per heavy atom. The molecule has 0 aliphatic carbocycles. The van der Waals surface area contributed by atoms with Gasteiger partial charge in [0.25, 0.3) is 0 Å². The molecule has 122 valence electrons. The van der Waals surface area contributed by atoms with Gasteiger partial charge < -0.3 is 24.1 Å².